The van der Waals surface area contributed by atoms with Crippen LogP contribution in [0.3, 0.4) is 0 Å². The van der Waals surface area contributed by atoms with Crippen LogP contribution >= 0.6 is 0 Å². The van der Waals surface area contributed by atoms with E-state index < -0.39 is 22.8 Å². The number of carbonyl (C=O) groups is 2. The smallest absolute Gasteiger partial charge is 0.313 e. The van der Waals surface area contributed by atoms with Crippen molar-refractivity contribution in [2.45, 2.75) is 95.0 Å². The van der Waals surface area contributed by atoms with Crippen molar-refractivity contribution in [2.24, 2.45) is 0 Å². The first kappa shape index (κ1) is 27.6. The largest absolute Gasteiger partial charge is 0.481 e. The van der Waals surface area contributed by atoms with Gasteiger partial charge in [0.05, 0.1) is 16.9 Å². The number of aliphatic carboxylic acids is 2. The molecule has 0 amide bonds. The van der Waals surface area contributed by atoms with E-state index in [1.807, 2.05) is 60.7 Å². The highest BCUT2D eigenvalue weighted by molar-refractivity contribution is 5.81. The maximum atomic E-state index is 11.9. The van der Waals surface area contributed by atoms with E-state index in [4.69, 9.17) is 0 Å². The number of hydrogen-bond acceptors (Lipinski definition) is 3. The van der Waals surface area contributed by atoms with Gasteiger partial charge in [-0.25, -0.2) is 0 Å². The third-order valence-electron chi connectivity index (χ3n) is 7.19. The maximum Gasteiger partial charge on any atom is 0.313 e. The standard InChI is InChI=1S/C29H40O5/c1-28(26(31)32,23-15-7-3-8-16-23)21-13-5-11-19-25(30)20-12-6-14-22-29(2,27(33)34)24-17-9-4-10-18-24/h3-4,7-10,15-18,25,30H,5-6,11-14,19-22H2,1-2H3,(H,31,32)(H,33,34). The Kier molecular flexibility index (Phi) is 10.8. The first-order valence-corrected chi connectivity index (χ1v) is 12.5. The van der Waals surface area contributed by atoms with Crippen LogP contribution in [-0.2, 0) is 20.4 Å². The van der Waals surface area contributed by atoms with E-state index in [1.54, 1.807) is 13.8 Å². The summed E-state index contributed by atoms with van der Waals surface area (Å²) in [5.74, 6) is -1.60. The molecule has 0 heterocycles. The average Bonchev–Trinajstić information content (AvgIpc) is 2.84. The van der Waals surface area contributed by atoms with Crippen molar-refractivity contribution in [1.29, 1.82) is 0 Å². The molecule has 0 saturated heterocycles. The molecule has 2 unspecified atom stereocenters. The van der Waals surface area contributed by atoms with Crippen LogP contribution in [0.2, 0.25) is 0 Å². The number of benzene rings is 2. The molecule has 3 N–H and O–H groups in total. The minimum absolute atomic E-state index is 0.361. The summed E-state index contributed by atoms with van der Waals surface area (Å²) in [5.41, 5.74) is -0.115. The number of rotatable bonds is 16. The topological polar surface area (TPSA) is 94.8 Å². The Hall–Kier alpha value is -2.66. The zero-order chi connectivity index (χ0) is 25.0. The van der Waals surface area contributed by atoms with Crippen molar-refractivity contribution in [2.75, 3.05) is 0 Å². The van der Waals surface area contributed by atoms with E-state index in [9.17, 15) is 24.9 Å². The summed E-state index contributed by atoms with van der Waals surface area (Å²) >= 11 is 0. The fourth-order valence-corrected chi connectivity index (χ4v) is 4.58. The highest BCUT2D eigenvalue weighted by Crippen LogP contribution is 2.31. The van der Waals surface area contributed by atoms with Crippen LogP contribution in [0.4, 0.5) is 0 Å². The molecule has 0 fully saturated rings. The zero-order valence-corrected chi connectivity index (χ0v) is 20.6. The Bertz CT molecular complexity index is 808. The van der Waals surface area contributed by atoms with Crippen LogP contribution < -0.4 is 0 Å². The highest BCUT2D eigenvalue weighted by Gasteiger charge is 2.35. The molecule has 2 rings (SSSR count). The Balaban J connectivity index is 1.64. The minimum atomic E-state index is -0.885. The number of carboxylic acids is 2. The fraction of sp³-hybridized carbons (Fsp3) is 0.517. The highest BCUT2D eigenvalue weighted by atomic mass is 16.4. The quantitative estimate of drug-likeness (QED) is 0.250. The molecule has 0 radical (unpaired) electrons. The predicted molar refractivity (Wildman–Crippen MR) is 135 cm³/mol. The summed E-state index contributed by atoms with van der Waals surface area (Å²) in [5, 5.41) is 29.8. The summed E-state index contributed by atoms with van der Waals surface area (Å²) in [4.78, 5) is 23.7. The molecule has 0 saturated carbocycles. The molecule has 34 heavy (non-hydrogen) atoms. The molecule has 5 heteroatoms. The molecule has 0 spiro atoms. The van der Waals surface area contributed by atoms with Crippen LogP contribution in [0.5, 0.6) is 0 Å². The summed E-state index contributed by atoms with van der Waals surface area (Å²) in [6.07, 6.45) is 7.35. The van der Waals surface area contributed by atoms with E-state index in [1.165, 1.54) is 0 Å². The van der Waals surface area contributed by atoms with Crippen molar-refractivity contribution in [3.8, 4) is 0 Å². The summed E-state index contributed by atoms with van der Waals surface area (Å²) in [7, 11) is 0. The summed E-state index contributed by atoms with van der Waals surface area (Å²) in [6.45, 7) is 3.57. The molecule has 186 valence electrons. The Labute approximate surface area is 203 Å². The molecule has 0 aliphatic heterocycles. The van der Waals surface area contributed by atoms with Crippen molar-refractivity contribution >= 4 is 11.9 Å². The van der Waals surface area contributed by atoms with Crippen molar-refractivity contribution in [3.05, 3.63) is 71.8 Å². The Morgan fingerprint density at radius 1 is 0.647 bits per heavy atom. The van der Waals surface area contributed by atoms with E-state index in [2.05, 4.69) is 0 Å². The minimum Gasteiger partial charge on any atom is -0.481 e. The summed E-state index contributed by atoms with van der Waals surface area (Å²) in [6, 6.07) is 18.8. The zero-order valence-electron chi connectivity index (χ0n) is 20.6. The maximum absolute atomic E-state index is 11.9. The molecule has 0 bridgehead atoms. The number of aliphatic hydroxyl groups is 1. The number of aliphatic hydroxyl groups excluding tert-OH is 1. The SMILES string of the molecule is CC(CCCCCC(O)CCCCCC(C)(C(=O)O)c1ccccc1)(C(=O)O)c1ccccc1. The van der Waals surface area contributed by atoms with Gasteiger partial charge in [-0.2, -0.15) is 0 Å². The first-order valence-electron chi connectivity index (χ1n) is 12.5. The van der Waals surface area contributed by atoms with Gasteiger partial charge in [-0.1, -0.05) is 99.2 Å². The van der Waals surface area contributed by atoms with Gasteiger partial charge < -0.3 is 15.3 Å². The van der Waals surface area contributed by atoms with Crippen molar-refractivity contribution in [1.82, 2.24) is 0 Å². The number of hydrogen-bond donors (Lipinski definition) is 3. The van der Waals surface area contributed by atoms with E-state index in [0.29, 0.717) is 25.7 Å². The third-order valence-corrected chi connectivity index (χ3v) is 7.19. The van der Waals surface area contributed by atoms with Gasteiger partial charge in [0.25, 0.3) is 0 Å². The van der Waals surface area contributed by atoms with Crippen LogP contribution in [0.25, 0.3) is 0 Å². The van der Waals surface area contributed by atoms with Crippen LogP contribution in [0.1, 0.15) is 89.2 Å². The van der Waals surface area contributed by atoms with Gasteiger partial charge in [0.15, 0.2) is 0 Å². The molecular weight excluding hydrogens is 428 g/mol. The Morgan fingerprint density at radius 2 is 1.00 bits per heavy atom. The van der Waals surface area contributed by atoms with Gasteiger partial charge in [-0.15, -0.1) is 0 Å². The van der Waals surface area contributed by atoms with Crippen molar-refractivity contribution in [3.63, 3.8) is 0 Å². The molecule has 2 atom stereocenters. The first-order chi connectivity index (χ1) is 16.2. The van der Waals surface area contributed by atoms with E-state index in [-0.39, 0.29) is 6.10 Å². The normalized spacial score (nSPS) is 15.7. The number of carboxylic acid groups (broad SMARTS) is 2. The van der Waals surface area contributed by atoms with E-state index in [0.717, 1.165) is 49.7 Å². The lowest BCUT2D eigenvalue weighted by atomic mass is 9.78. The third kappa shape index (κ3) is 7.69. The second-order valence-electron chi connectivity index (χ2n) is 9.86. The van der Waals surface area contributed by atoms with Crippen molar-refractivity contribution < 1.29 is 24.9 Å². The van der Waals surface area contributed by atoms with Crippen LogP contribution in [-0.4, -0.2) is 33.4 Å². The van der Waals surface area contributed by atoms with Crippen LogP contribution in [0.15, 0.2) is 60.7 Å². The molecule has 0 aliphatic carbocycles. The molecular formula is C29H40O5. The van der Waals surface area contributed by atoms with Gasteiger partial charge in [0.2, 0.25) is 0 Å². The second kappa shape index (κ2) is 13.3. The van der Waals surface area contributed by atoms with Gasteiger partial charge >= 0.3 is 11.9 Å². The van der Waals surface area contributed by atoms with Crippen LogP contribution in [0, 0.1) is 0 Å². The van der Waals surface area contributed by atoms with Gasteiger partial charge in [-0.3, -0.25) is 9.59 Å². The average molecular weight is 469 g/mol. The van der Waals surface area contributed by atoms with Gasteiger partial charge in [-0.05, 0) is 50.7 Å². The predicted octanol–water partition coefficient (Wildman–Crippen LogP) is 6.33. The fourth-order valence-electron chi connectivity index (χ4n) is 4.58. The Morgan fingerprint density at radius 3 is 1.32 bits per heavy atom. The lowest BCUT2D eigenvalue weighted by molar-refractivity contribution is -0.144. The monoisotopic (exact) mass is 468 g/mol. The van der Waals surface area contributed by atoms with Gasteiger partial charge in [0.1, 0.15) is 0 Å². The lowest BCUT2D eigenvalue weighted by Crippen LogP contribution is -2.32. The van der Waals surface area contributed by atoms with E-state index >= 15 is 0 Å². The second-order valence-corrected chi connectivity index (χ2v) is 9.86. The molecule has 0 aromatic heterocycles. The van der Waals surface area contributed by atoms with Gasteiger partial charge in [0, 0.05) is 0 Å². The number of unbranched alkanes of at least 4 members (excludes halogenated alkanes) is 4. The molecule has 2 aromatic rings. The summed E-state index contributed by atoms with van der Waals surface area (Å²) < 4.78 is 0. The molecule has 2 aromatic carbocycles. The molecule has 0 aliphatic rings. The molecule has 5 nitrogen and oxygen atoms in total. The lowest BCUT2D eigenvalue weighted by Gasteiger charge is -2.25.